The fourth-order valence-electron chi connectivity index (χ4n) is 1.43. The summed E-state index contributed by atoms with van der Waals surface area (Å²) < 4.78 is 17.9. The molecule has 0 aliphatic heterocycles. The highest BCUT2D eigenvalue weighted by Crippen LogP contribution is 2.24. The standard InChI is InChI=1S/C12H12BrFN2O/c1-2-10(13)12-15-11(16-17-12)7-8-3-5-9(14)6-4-8/h3-6,10H,2,7H2,1H3. The van der Waals surface area contributed by atoms with Crippen LogP contribution in [0.25, 0.3) is 0 Å². The van der Waals surface area contributed by atoms with Gasteiger partial charge in [-0.2, -0.15) is 4.98 Å². The Labute approximate surface area is 107 Å². The van der Waals surface area contributed by atoms with Gasteiger partial charge in [-0.15, -0.1) is 0 Å². The van der Waals surface area contributed by atoms with Gasteiger partial charge in [0.05, 0.1) is 4.83 Å². The van der Waals surface area contributed by atoms with E-state index in [1.807, 2.05) is 6.92 Å². The molecule has 0 radical (unpaired) electrons. The van der Waals surface area contributed by atoms with Crippen molar-refractivity contribution in [2.75, 3.05) is 0 Å². The van der Waals surface area contributed by atoms with Crippen LogP contribution in [0.15, 0.2) is 28.8 Å². The summed E-state index contributed by atoms with van der Waals surface area (Å²) in [5.41, 5.74) is 0.960. The molecule has 0 N–H and O–H groups in total. The minimum Gasteiger partial charge on any atom is -0.338 e. The smallest absolute Gasteiger partial charge is 0.240 e. The van der Waals surface area contributed by atoms with E-state index in [0.29, 0.717) is 18.1 Å². The zero-order valence-corrected chi connectivity index (χ0v) is 10.9. The fraction of sp³-hybridized carbons (Fsp3) is 0.333. The van der Waals surface area contributed by atoms with Gasteiger partial charge in [-0.3, -0.25) is 0 Å². The van der Waals surface area contributed by atoms with Gasteiger partial charge in [0.15, 0.2) is 5.82 Å². The molecule has 1 unspecified atom stereocenters. The Morgan fingerprint density at radius 3 is 2.71 bits per heavy atom. The Balaban J connectivity index is 2.08. The largest absolute Gasteiger partial charge is 0.338 e. The molecule has 0 saturated carbocycles. The average molecular weight is 299 g/mol. The van der Waals surface area contributed by atoms with E-state index < -0.39 is 0 Å². The lowest BCUT2D eigenvalue weighted by Crippen LogP contribution is -1.92. The van der Waals surface area contributed by atoms with Crippen LogP contribution in [-0.2, 0) is 6.42 Å². The zero-order valence-electron chi connectivity index (χ0n) is 9.36. The van der Waals surface area contributed by atoms with Crippen LogP contribution < -0.4 is 0 Å². The van der Waals surface area contributed by atoms with Crippen molar-refractivity contribution in [3.63, 3.8) is 0 Å². The molecule has 17 heavy (non-hydrogen) atoms. The first kappa shape index (κ1) is 12.2. The normalized spacial score (nSPS) is 12.6. The van der Waals surface area contributed by atoms with Crippen molar-refractivity contribution in [3.05, 3.63) is 47.4 Å². The quantitative estimate of drug-likeness (QED) is 0.809. The lowest BCUT2D eigenvalue weighted by atomic mass is 10.1. The van der Waals surface area contributed by atoms with Crippen molar-refractivity contribution in [1.29, 1.82) is 0 Å². The molecule has 2 aromatic rings. The van der Waals surface area contributed by atoms with Crippen LogP contribution >= 0.6 is 15.9 Å². The molecule has 0 spiro atoms. The van der Waals surface area contributed by atoms with Crippen LogP contribution in [0.4, 0.5) is 4.39 Å². The lowest BCUT2D eigenvalue weighted by Gasteiger charge is -1.97. The van der Waals surface area contributed by atoms with Crippen molar-refractivity contribution in [1.82, 2.24) is 10.1 Å². The average Bonchev–Trinajstić information content (AvgIpc) is 2.80. The van der Waals surface area contributed by atoms with Crippen molar-refractivity contribution >= 4 is 15.9 Å². The first-order chi connectivity index (χ1) is 8.19. The second-order valence-corrected chi connectivity index (χ2v) is 4.83. The Bertz CT molecular complexity index is 484. The molecule has 0 aliphatic rings. The molecule has 90 valence electrons. The predicted octanol–water partition coefficient (Wildman–Crippen LogP) is 3.65. The number of rotatable bonds is 4. The van der Waals surface area contributed by atoms with Gasteiger partial charge >= 0.3 is 0 Å². The minimum absolute atomic E-state index is 0.0944. The zero-order chi connectivity index (χ0) is 12.3. The van der Waals surface area contributed by atoms with Crippen LogP contribution in [0, 0.1) is 5.82 Å². The first-order valence-corrected chi connectivity index (χ1v) is 6.31. The van der Waals surface area contributed by atoms with E-state index in [1.165, 1.54) is 12.1 Å². The van der Waals surface area contributed by atoms with Crippen LogP contribution in [0.2, 0.25) is 0 Å². The van der Waals surface area contributed by atoms with Gasteiger partial charge in [0.1, 0.15) is 5.82 Å². The molecular formula is C12H12BrFN2O. The molecule has 0 bridgehead atoms. The highest BCUT2D eigenvalue weighted by atomic mass is 79.9. The van der Waals surface area contributed by atoms with Gasteiger partial charge < -0.3 is 4.52 Å². The maximum absolute atomic E-state index is 12.7. The Kier molecular flexibility index (Phi) is 3.89. The van der Waals surface area contributed by atoms with Crippen molar-refractivity contribution < 1.29 is 8.91 Å². The minimum atomic E-state index is -0.242. The Hall–Kier alpha value is -1.23. The van der Waals surface area contributed by atoms with E-state index in [0.717, 1.165) is 12.0 Å². The second-order valence-electron chi connectivity index (χ2n) is 3.73. The molecule has 0 fully saturated rings. The third-order valence-electron chi connectivity index (χ3n) is 2.39. The summed E-state index contributed by atoms with van der Waals surface area (Å²) in [6.45, 7) is 2.03. The summed E-state index contributed by atoms with van der Waals surface area (Å²) >= 11 is 3.45. The molecular weight excluding hydrogens is 287 g/mol. The summed E-state index contributed by atoms with van der Waals surface area (Å²) in [5.74, 6) is 0.961. The first-order valence-electron chi connectivity index (χ1n) is 5.40. The van der Waals surface area contributed by atoms with Gasteiger partial charge in [-0.25, -0.2) is 4.39 Å². The Morgan fingerprint density at radius 1 is 1.35 bits per heavy atom. The van der Waals surface area contributed by atoms with Crippen LogP contribution in [0.3, 0.4) is 0 Å². The molecule has 1 heterocycles. The van der Waals surface area contributed by atoms with Crippen molar-refractivity contribution in [2.24, 2.45) is 0 Å². The summed E-state index contributed by atoms with van der Waals surface area (Å²) in [6, 6.07) is 6.29. The van der Waals surface area contributed by atoms with Crippen LogP contribution in [0.1, 0.15) is 35.5 Å². The maximum Gasteiger partial charge on any atom is 0.240 e. The fourth-order valence-corrected chi connectivity index (χ4v) is 1.61. The van der Waals surface area contributed by atoms with E-state index in [2.05, 4.69) is 26.1 Å². The van der Waals surface area contributed by atoms with E-state index in [1.54, 1.807) is 12.1 Å². The highest BCUT2D eigenvalue weighted by Gasteiger charge is 2.13. The summed E-state index contributed by atoms with van der Waals surface area (Å²) in [6.07, 6.45) is 1.44. The van der Waals surface area contributed by atoms with E-state index >= 15 is 0 Å². The summed E-state index contributed by atoms with van der Waals surface area (Å²) in [5, 5.41) is 3.89. The third-order valence-corrected chi connectivity index (χ3v) is 3.42. The van der Waals surface area contributed by atoms with Gasteiger partial charge in [-0.05, 0) is 24.1 Å². The number of alkyl halides is 1. The molecule has 0 saturated heterocycles. The molecule has 2 rings (SSSR count). The van der Waals surface area contributed by atoms with Crippen molar-refractivity contribution in [3.8, 4) is 0 Å². The maximum atomic E-state index is 12.7. The number of nitrogens with zero attached hydrogens (tertiary/aromatic N) is 2. The number of halogens is 2. The number of aromatic nitrogens is 2. The third kappa shape index (κ3) is 3.12. The molecule has 5 heteroatoms. The predicted molar refractivity (Wildman–Crippen MR) is 65.5 cm³/mol. The SMILES string of the molecule is CCC(Br)c1nc(Cc2ccc(F)cc2)no1. The topological polar surface area (TPSA) is 38.9 Å². The van der Waals surface area contributed by atoms with E-state index in [9.17, 15) is 4.39 Å². The molecule has 1 aromatic heterocycles. The molecule has 1 atom stereocenters. The highest BCUT2D eigenvalue weighted by molar-refractivity contribution is 9.09. The Morgan fingerprint density at radius 2 is 2.06 bits per heavy atom. The monoisotopic (exact) mass is 298 g/mol. The second kappa shape index (κ2) is 5.40. The van der Waals surface area contributed by atoms with Gasteiger partial charge in [-0.1, -0.05) is 40.1 Å². The summed E-state index contributed by atoms with van der Waals surface area (Å²) in [7, 11) is 0. The van der Waals surface area contributed by atoms with Crippen LogP contribution in [0.5, 0.6) is 0 Å². The van der Waals surface area contributed by atoms with Gasteiger partial charge in [0, 0.05) is 6.42 Å². The van der Waals surface area contributed by atoms with Gasteiger partial charge in [0.2, 0.25) is 5.89 Å². The van der Waals surface area contributed by atoms with E-state index in [4.69, 9.17) is 4.52 Å². The molecule has 0 amide bonds. The molecule has 1 aromatic carbocycles. The molecule has 0 aliphatic carbocycles. The number of benzene rings is 1. The van der Waals surface area contributed by atoms with Crippen LogP contribution in [-0.4, -0.2) is 10.1 Å². The van der Waals surface area contributed by atoms with Crippen molar-refractivity contribution in [2.45, 2.75) is 24.6 Å². The van der Waals surface area contributed by atoms with E-state index in [-0.39, 0.29) is 10.6 Å². The molecule has 3 nitrogen and oxygen atoms in total. The van der Waals surface area contributed by atoms with Gasteiger partial charge in [0.25, 0.3) is 0 Å². The summed E-state index contributed by atoms with van der Waals surface area (Å²) in [4.78, 5) is 4.37. The lowest BCUT2D eigenvalue weighted by molar-refractivity contribution is 0.372. The number of hydrogen-bond acceptors (Lipinski definition) is 3. The number of hydrogen-bond donors (Lipinski definition) is 0.